The van der Waals surface area contributed by atoms with Crippen LogP contribution in [0.3, 0.4) is 0 Å². The predicted molar refractivity (Wildman–Crippen MR) is 80.0 cm³/mol. The molecule has 0 amide bonds. The van der Waals surface area contributed by atoms with Crippen LogP contribution in [0.1, 0.15) is 18.4 Å². The summed E-state index contributed by atoms with van der Waals surface area (Å²) >= 11 is 0. The number of non-ortho nitro benzene ring substituents is 1. The average molecular weight is 372 g/mol. The van der Waals surface area contributed by atoms with E-state index in [2.05, 4.69) is 0 Å². The summed E-state index contributed by atoms with van der Waals surface area (Å²) in [6.45, 7) is 1.05. The van der Waals surface area contributed by atoms with Crippen LogP contribution in [0.15, 0.2) is 46.8 Å². The van der Waals surface area contributed by atoms with Crippen LogP contribution in [0.5, 0.6) is 0 Å². The topological polar surface area (TPSA) is 130 Å². The van der Waals surface area contributed by atoms with Crippen molar-refractivity contribution in [3.8, 4) is 0 Å². The van der Waals surface area contributed by atoms with Gasteiger partial charge in [0.15, 0.2) is 0 Å². The standard InChI is InChI=1S/C15H11F3N2O6/c1-6-9(13(21)22)10(7-3-2-4-8(5-7)20(25)26)11(14(23)24)12(19-6)15(16,17)18/h2-5,10,19H,1H3,(H,21,22)(H,23,24). The van der Waals surface area contributed by atoms with Gasteiger partial charge in [-0.05, 0) is 12.5 Å². The summed E-state index contributed by atoms with van der Waals surface area (Å²) in [6.07, 6.45) is -5.10. The van der Waals surface area contributed by atoms with Gasteiger partial charge < -0.3 is 15.5 Å². The lowest BCUT2D eigenvalue weighted by atomic mass is 9.80. The van der Waals surface area contributed by atoms with Gasteiger partial charge in [-0.3, -0.25) is 10.1 Å². The zero-order chi connectivity index (χ0) is 19.8. The second kappa shape index (κ2) is 6.50. The van der Waals surface area contributed by atoms with Crippen LogP contribution in [-0.4, -0.2) is 33.3 Å². The number of nitro groups is 1. The molecular formula is C15H11F3N2O6. The van der Waals surface area contributed by atoms with E-state index in [0.717, 1.165) is 31.2 Å². The minimum absolute atomic E-state index is 0.253. The number of nitrogens with zero attached hydrogens (tertiary/aromatic N) is 1. The minimum atomic E-state index is -5.10. The molecule has 1 aliphatic heterocycles. The summed E-state index contributed by atoms with van der Waals surface area (Å²) in [5.74, 6) is -5.48. The molecule has 1 aromatic carbocycles. The van der Waals surface area contributed by atoms with Crippen LogP contribution in [0.2, 0.25) is 0 Å². The Hall–Kier alpha value is -3.37. The molecular weight excluding hydrogens is 361 g/mol. The molecule has 0 radical (unpaired) electrons. The van der Waals surface area contributed by atoms with Crippen LogP contribution >= 0.6 is 0 Å². The number of nitro benzene ring substituents is 1. The Morgan fingerprint density at radius 3 is 2.23 bits per heavy atom. The SMILES string of the molecule is CC1=C(C(=O)O)C(c2cccc([N+](=O)[O-])c2)C(C(=O)O)=C(C(F)(F)F)N1. The van der Waals surface area contributed by atoms with Gasteiger partial charge in [0.25, 0.3) is 5.69 Å². The van der Waals surface area contributed by atoms with Crippen molar-refractivity contribution in [1.29, 1.82) is 0 Å². The van der Waals surface area contributed by atoms with E-state index in [9.17, 15) is 43.1 Å². The number of alkyl halides is 3. The molecule has 0 aromatic heterocycles. The number of allylic oxidation sites excluding steroid dienone is 2. The number of aliphatic carboxylic acids is 2. The van der Waals surface area contributed by atoms with Gasteiger partial charge in [-0.2, -0.15) is 13.2 Å². The number of carboxylic acid groups (broad SMARTS) is 2. The summed E-state index contributed by atoms with van der Waals surface area (Å²) in [6, 6.07) is 4.17. The van der Waals surface area contributed by atoms with Gasteiger partial charge in [0.05, 0.1) is 22.0 Å². The highest BCUT2D eigenvalue weighted by molar-refractivity contribution is 5.98. The molecule has 0 saturated carbocycles. The third kappa shape index (κ3) is 3.36. The molecule has 1 atom stereocenters. The molecule has 0 bridgehead atoms. The molecule has 1 aliphatic rings. The average Bonchev–Trinajstić information content (AvgIpc) is 2.52. The van der Waals surface area contributed by atoms with Gasteiger partial charge in [0.1, 0.15) is 5.70 Å². The second-order valence-corrected chi connectivity index (χ2v) is 5.35. The van der Waals surface area contributed by atoms with Crippen molar-refractivity contribution in [2.45, 2.75) is 19.0 Å². The molecule has 0 spiro atoms. The molecule has 1 unspecified atom stereocenters. The molecule has 0 saturated heterocycles. The van der Waals surface area contributed by atoms with E-state index in [4.69, 9.17) is 0 Å². The van der Waals surface area contributed by atoms with Crippen molar-refractivity contribution in [3.63, 3.8) is 0 Å². The van der Waals surface area contributed by atoms with E-state index in [1.165, 1.54) is 0 Å². The van der Waals surface area contributed by atoms with Crippen molar-refractivity contribution in [2.24, 2.45) is 0 Å². The van der Waals surface area contributed by atoms with Gasteiger partial charge in [0, 0.05) is 17.8 Å². The molecule has 1 heterocycles. The highest BCUT2D eigenvalue weighted by Gasteiger charge is 2.46. The van der Waals surface area contributed by atoms with Crippen molar-refractivity contribution in [2.75, 3.05) is 0 Å². The molecule has 138 valence electrons. The lowest BCUT2D eigenvalue weighted by Gasteiger charge is -2.30. The first-order valence-electron chi connectivity index (χ1n) is 6.95. The van der Waals surface area contributed by atoms with Gasteiger partial charge in [-0.15, -0.1) is 0 Å². The van der Waals surface area contributed by atoms with E-state index >= 15 is 0 Å². The van der Waals surface area contributed by atoms with E-state index in [-0.39, 0.29) is 5.56 Å². The van der Waals surface area contributed by atoms with E-state index in [0.29, 0.717) is 0 Å². The first-order chi connectivity index (χ1) is 11.9. The van der Waals surface area contributed by atoms with Crippen molar-refractivity contribution in [3.05, 3.63) is 62.5 Å². The van der Waals surface area contributed by atoms with Gasteiger partial charge in [-0.25, -0.2) is 9.59 Å². The van der Waals surface area contributed by atoms with E-state index in [1.807, 2.05) is 0 Å². The highest BCUT2D eigenvalue weighted by atomic mass is 19.4. The predicted octanol–water partition coefficient (Wildman–Crippen LogP) is 2.54. The Morgan fingerprint density at radius 2 is 1.77 bits per heavy atom. The number of halogens is 3. The summed E-state index contributed by atoms with van der Waals surface area (Å²) in [5.41, 5.74) is -4.69. The monoisotopic (exact) mass is 372 g/mol. The highest BCUT2D eigenvalue weighted by Crippen LogP contribution is 2.43. The molecule has 3 N–H and O–H groups in total. The summed E-state index contributed by atoms with van der Waals surface area (Å²) in [7, 11) is 0. The van der Waals surface area contributed by atoms with Crippen LogP contribution in [0, 0.1) is 10.1 Å². The van der Waals surface area contributed by atoms with Crippen LogP contribution in [-0.2, 0) is 9.59 Å². The summed E-state index contributed by atoms with van der Waals surface area (Å²) < 4.78 is 39.9. The number of hydrogen-bond donors (Lipinski definition) is 3. The Bertz CT molecular complexity index is 872. The third-order valence-corrected chi connectivity index (χ3v) is 3.72. The lowest BCUT2D eigenvalue weighted by molar-refractivity contribution is -0.384. The van der Waals surface area contributed by atoms with Crippen LogP contribution < -0.4 is 5.32 Å². The maximum Gasteiger partial charge on any atom is 0.431 e. The number of carboxylic acids is 2. The molecule has 8 nitrogen and oxygen atoms in total. The van der Waals surface area contributed by atoms with E-state index < -0.39 is 57.2 Å². The zero-order valence-electron chi connectivity index (χ0n) is 13.0. The maximum absolute atomic E-state index is 13.3. The first kappa shape index (κ1) is 19.0. The Morgan fingerprint density at radius 1 is 1.19 bits per heavy atom. The van der Waals surface area contributed by atoms with Gasteiger partial charge >= 0.3 is 18.1 Å². The summed E-state index contributed by atoms with van der Waals surface area (Å²) in [4.78, 5) is 33.2. The third-order valence-electron chi connectivity index (χ3n) is 3.72. The van der Waals surface area contributed by atoms with Gasteiger partial charge in [-0.1, -0.05) is 12.1 Å². The normalized spacial score (nSPS) is 17.8. The largest absolute Gasteiger partial charge is 0.478 e. The van der Waals surface area contributed by atoms with Crippen molar-refractivity contribution in [1.82, 2.24) is 5.32 Å². The number of rotatable bonds is 4. The zero-order valence-corrected chi connectivity index (χ0v) is 13.0. The fourth-order valence-corrected chi connectivity index (χ4v) is 2.72. The maximum atomic E-state index is 13.3. The summed E-state index contributed by atoms with van der Waals surface area (Å²) in [5, 5.41) is 31.4. The minimum Gasteiger partial charge on any atom is -0.478 e. The number of nitrogens with one attached hydrogen (secondary N) is 1. The van der Waals surface area contributed by atoms with Crippen molar-refractivity contribution < 1.29 is 37.9 Å². The van der Waals surface area contributed by atoms with Crippen LogP contribution in [0.4, 0.5) is 18.9 Å². The molecule has 0 aliphatic carbocycles. The number of dihydropyridines is 1. The Labute approximate surface area is 143 Å². The molecule has 0 fully saturated rings. The lowest BCUT2D eigenvalue weighted by Crippen LogP contribution is -2.37. The Kier molecular flexibility index (Phi) is 4.74. The number of hydrogen-bond acceptors (Lipinski definition) is 5. The molecule has 11 heteroatoms. The van der Waals surface area contributed by atoms with Crippen molar-refractivity contribution >= 4 is 17.6 Å². The first-order valence-corrected chi connectivity index (χ1v) is 6.95. The molecule has 1 aromatic rings. The quantitative estimate of drug-likeness (QED) is 0.547. The molecule has 2 rings (SSSR count). The fraction of sp³-hybridized carbons (Fsp3) is 0.200. The van der Waals surface area contributed by atoms with E-state index in [1.54, 1.807) is 5.32 Å². The van der Waals surface area contributed by atoms with Crippen LogP contribution in [0.25, 0.3) is 0 Å². The molecule has 26 heavy (non-hydrogen) atoms. The number of carbonyl (C=O) groups is 2. The second-order valence-electron chi connectivity index (χ2n) is 5.35. The number of benzene rings is 1. The smallest absolute Gasteiger partial charge is 0.431 e. The van der Waals surface area contributed by atoms with Gasteiger partial charge in [0.2, 0.25) is 0 Å². The fourth-order valence-electron chi connectivity index (χ4n) is 2.72. The Balaban J connectivity index is 2.84.